The van der Waals surface area contributed by atoms with Crippen molar-refractivity contribution in [1.29, 1.82) is 0 Å². The number of nitrogens with zero attached hydrogens (tertiary/aromatic N) is 2. The fraction of sp³-hybridized carbons (Fsp3) is 0.214. The Morgan fingerprint density at radius 3 is 2.53 bits per heavy atom. The van der Waals surface area contributed by atoms with Crippen molar-refractivity contribution in [3.8, 4) is 5.69 Å². The minimum atomic E-state index is 0.657. The summed E-state index contributed by atoms with van der Waals surface area (Å²) in [5, 5.41) is 4.50. The first-order valence-corrected chi connectivity index (χ1v) is 5.67. The average Bonchev–Trinajstić information content (AvgIpc) is 2.71. The fourth-order valence-electron chi connectivity index (χ4n) is 1.63. The molecule has 1 aromatic carbocycles. The number of aryl methyl sites for hydroxylation is 1. The zero-order valence-corrected chi connectivity index (χ0v) is 10.4. The quantitative estimate of drug-likeness (QED) is 0.856. The molecular weight excluding hydrogens is 210 g/mol. The Morgan fingerprint density at radius 1 is 1.29 bits per heavy atom. The van der Waals surface area contributed by atoms with Gasteiger partial charge in [0.05, 0.1) is 11.4 Å². The number of aromatic nitrogens is 2. The number of nitrogens with two attached hydrogens (primary N) is 1. The number of rotatable bonds is 2. The highest BCUT2D eigenvalue weighted by Gasteiger charge is 2.07. The van der Waals surface area contributed by atoms with E-state index in [0.29, 0.717) is 5.82 Å². The maximum atomic E-state index is 5.98. The van der Waals surface area contributed by atoms with Crippen LogP contribution in [0.25, 0.3) is 11.3 Å². The Kier molecular flexibility index (Phi) is 3.00. The lowest BCUT2D eigenvalue weighted by Gasteiger charge is -2.03. The summed E-state index contributed by atoms with van der Waals surface area (Å²) in [4.78, 5) is 0. The van der Waals surface area contributed by atoms with E-state index in [0.717, 1.165) is 17.0 Å². The highest BCUT2D eigenvalue weighted by atomic mass is 15.3. The van der Waals surface area contributed by atoms with Crippen molar-refractivity contribution >= 4 is 11.4 Å². The minimum absolute atomic E-state index is 0.657. The summed E-state index contributed by atoms with van der Waals surface area (Å²) in [6.07, 6.45) is 2.03. The van der Waals surface area contributed by atoms with E-state index >= 15 is 0 Å². The third-order valence-corrected chi connectivity index (χ3v) is 2.85. The molecule has 0 aliphatic rings. The van der Waals surface area contributed by atoms with Gasteiger partial charge in [0.25, 0.3) is 0 Å². The van der Waals surface area contributed by atoms with Crippen LogP contribution in [0.1, 0.15) is 25.1 Å². The maximum absolute atomic E-state index is 5.98. The fourth-order valence-corrected chi connectivity index (χ4v) is 1.63. The maximum Gasteiger partial charge on any atom is 0.127 e. The second-order valence-electron chi connectivity index (χ2n) is 4.17. The molecule has 0 atom stereocenters. The summed E-state index contributed by atoms with van der Waals surface area (Å²) < 4.78 is 1.77. The molecule has 3 nitrogen and oxygen atoms in total. The lowest BCUT2D eigenvalue weighted by molar-refractivity contribution is 0.882. The molecule has 88 valence electrons. The van der Waals surface area contributed by atoms with Gasteiger partial charge in [-0.15, -0.1) is 0 Å². The molecule has 0 fully saturated rings. The second kappa shape index (κ2) is 4.45. The Hall–Kier alpha value is -2.03. The Morgan fingerprint density at radius 2 is 1.94 bits per heavy atom. The molecule has 1 aromatic heterocycles. The van der Waals surface area contributed by atoms with Crippen molar-refractivity contribution in [2.45, 2.75) is 20.8 Å². The van der Waals surface area contributed by atoms with Gasteiger partial charge < -0.3 is 5.73 Å². The summed E-state index contributed by atoms with van der Waals surface area (Å²) in [6, 6.07) is 10.0. The van der Waals surface area contributed by atoms with Gasteiger partial charge in [0.2, 0.25) is 0 Å². The molecule has 0 aliphatic carbocycles. The summed E-state index contributed by atoms with van der Waals surface area (Å²) in [5.74, 6) is 0.657. The topological polar surface area (TPSA) is 43.8 Å². The lowest BCUT2D eigenvalue weighted by Crippen LogP contribution is -2.01. The van der Waals surface area contributed by atoms with Crippen molar-refractivity contribution in [2.75, 3.05) is 5.73 Å². The molecular formula is C14H17N3. The second-order valence-corrected chi connectivity index (χ2v) is 4.17. The minimum Gasteiger partial charge on any atom is -0.384 e. The summed E-state index contributed by atoms with van der Waals surface area (Å²) in [7, 11) is 0. The number of allylic oxidation sites excluding steroid dienone is 2. The van der Waals surface area contributed by atoms with Crippen LogP contribution in [0, 0.1) is 6.92 Å². The van der Waals surface area contributed by atoms with Gasteiger partial charge >= 0.3 is 0 Å². The van der Waals surface area contributed by atoms with Crippen molar-refractivity contribution in [1.82, 2.24) is 9.78 Å². The molecule has 2 aromatic rings. The molecule has 0 bridgehead atoms. The molecule has 2 rings (SSSR count). The first kappa shape index (κ1) is 11.5. The van der Waals surface area contributed by atoms with Crippen LogP contribution in [0.3, 0.4) is 0 Å². The zero-order valence-electron chi connectivity index (χ0n) is 10.4. The summed E-state index contributed by atoms with van der Waals surface area (Å²) in [6.45, 7) is 6.09. The van der Waals surface area contributed by atoms with Crippen LogP contribution in [0.15, 0.2) is 36.4 Å². The number of hydrogen-bond donors (Lipinski definition) is 1. The van der Waals surface area contributed by atoms with Gasteiger partial charge in [0.1, 0.15) is 5.82 Å². The molecule has 0 radical (unpaired) electrons. The van der Waals surface area contributed by atoms with E-state index in [2.05, 4.69) is 24.2 Å². The lowest BCUT2D eigenvalue weighted by atomic mass is 10.2. The molecule has 2 N–H and O–H groups in total. The van der Waals surface area contributed by atoms with Crippen LogP contribution in [0.2, 0.25) is 0 Å². The Balaban J connectivity index is 2.46. The van der Waals surface area contributed by atoms with Crippen molar-refractivity contribution in [3.05, 3.63) is 47.7 Å². The van der Waals surface area contributed by atoms with Gasteiger partial charge in [-0.1, -0.05) is 23.8 Å². The van der Waals surface area contributed by atoms with E-state index in [1.165, 1.54) is 5.56 Å². The number of benzene rings is 1. The molecule has 0 saturated carbocycles. The normalized spacial score (nSPS) is 11.8. The van der Waals surface area contributed by atoms with Gasteiger partial charge in [-0.2, -0.15) is 5.10 Å². The van der Waals surface area contributed by atoms with Gasteiger partial charge in [0.15, 0.2) is 0 Å². The SMILES string of the molecule is C/C=C(\C)c1cc(N)n(-c2ccc(C)cc2)n1. The van der Waals surface area contributed by atoms with Crippen LogP contribution < -0.4 is 5.73 Å². The molecule has 1 heterocycles. The van der Waals surface area contributed by atoms with Crippen molar-refractivity contribution in [2.24, 2.45) is 0 Å². The average molecular weight is 227 g/mol. The molecule has 0 aliphatic heterocycles. The molecule has 3 heteroatoms. The highest BCUT2D eigenvalue weighted by Crippen LogP contribution is 2.19. The summed E-state index contributed by atoms with van der Waals surface area (Å²) in [5.41, 5.74) is 10.2. The molecule has 0 unspecified atom stereocenters. The number of nitrogen functional groups attached to an aromatic ring is 1. The van der Waals surface area contributed by atoms with Crippen LogP contribution in [-0.4, -0.2) is 9.78 Å². The van der Waals surface area contributed by atoms with E-state index in [-0.39, 0.29) is 0 Å². The van der Waals surface area contributed by atoms with Crippen LogP contribution >= 0.6 is 0 Å². The molecule has 17 heavy (non-hydrogen) atoms. The third-order valence-electron chi connectivity index (χ3n) is 2.85. The Labute approximate surface area is 102 Å². The van der Waals surface area contributed by atoms with Crippen LogP contribution in [0.4, 0.5) is 5.82 Å². The zero-order chi connectivity index (χ0) is 12.4. The van der Waals surface area contributed by atoms with Crippen molar-refractivity contribution < 1.29 is 0 Å². The van der Waals surface area contributed by atoms with Crippen molar-refractivity contribution in [3.63, 3.8) is 0 Å². The summed E-state index contributed by atoms with van der Waals surface area (Å²) >= 11 is 0. The van der Waals surface area contributed by atoms with E-state index in [4.69, 9.17) is 5.73 Å². The standard InChI is InChI=1S/C14H17N3/c1-4-11(3)13-9-14(15)17(16-13)12-7-5-10(2)6-8-12/h4-9H,15H2,1-3H3/b11-4+. The smallest absolute Gasteiger partial charge is 0.127 e. The molecule has 0 saturated heterocycles. The highest BCUT2D eigenvalue weighted by molar-refractivity contribution is 5.63. The number of anilines is 1. The van der Waals surface area contributed by atoms with Gasteiger partial charge in [-0.3, -0.25) is 0 Å². The van der Waals surface area contributed by atoms with E-state index < -0.39 is 0 Å². The number of hydrogen-bond acceptors (Lipinski definition) is 2. The van der Waals surface area contributed by atoms with Gasteiger partial charge in [-0.25, -0.2) is 4.68 Å². The molecule has 0 spiro atoms. The predicted molar refractivity (Wildman–Crippen MR) is 72.0 cm³/mol. The Bertz CT molecular complexity index is 547. The predicted octanol–water partition coefficient (Wildman–Crippen LogP) is 3.19. The first-order chi connectivity index (χ1) is 8.11. The first-order valence-electron chi connectivity index (χ1n) is 5.67. The van der Waals surface area contributed by atoms with Crippen LogP contribution in [0.5, 0.6) is 0 Å². The monoisotopic (exact) mass is 227 g/mol. The largest absolute Gasteiger partial charge is 0.384 e. The van der Waals surface area contributed by atoms with Crippen LogP contribution in [-0.2, 0) is 0 Å². The van der Waals surface area contributed by atoms with E-state index in [1.807, 2.05) is 38.1 Å². The van der Waals surface area contributed by atoms with Gasteiger partial charge in [-0.05, 0) is 38.5 Å². The van der Waals surface area contributed by atoms with E-state index in [9.17, 15) is 0 Å². The molecule has 0 amide bonds. The third kappa shape index (κ3) is 2.23. The van der Waals surface area contributed by atoms with E-state index in [1.54, 1.807) is 4.68 Å². The van der Waals surface area contributed by atoms with Gasteiger partial charge in [0, 0.05) is 6.07 Å².